The Bertz CT molecular complexity index is 667. The number of ether oxygens (including phenoxy) is 1. The predicted molar refractivity (Wildman–Crippen MR) is 91.2 cm³/mol. The van der Waals surface area contributed by atoms with E-state index in [1.54, 1.807) is 19.1 Å². The van der Waals surface area contributed by atoms with Crippen molar-refractivity contribution in [3.8, 4) is 5.75 Å². The first-order valence-electron chi connectivity index (χ1n) is 6.72. The van der Waals surface area contributed by atoms with E-state index in [1.807, 2.05) is 24.3 Å². The number of benzene rings is 2. The van der Waals surface area contributed by atoms with Gasteiger partial charge in [-0.1, -0.05) is 28.1 Å². The molecule has 3 nitrogen and oxygen atoms in total. The summed E-state index contributed by atoms with van der Waals surface area (Å²) >= 11 is 4.73. The Morgan fingerprint density at radius 3 is 2.48 bits per heavy atom. The molecule has 2 aromatic carbocycles. The van der Waals surface area contributed by atoms with E-state index < -0.39 is 11.9 Å². The molecule has 0 aliphatic rings. The molecular formula is C16H14BrF2NO2S. The van der Waals surface area contributed by atoms with E-state index in [2.05, 4.69) is 26.0 Å². The van der Waals surface area contributed by atoms with Crippen LogP contribution in [0.25, 0.3) is 0 Å². The van der Waals surface area contributed by atoms with Crippen molar-refractivity contribution in [3.63, 3.8) is 0 Å². The normalized spacial score (nSPS) is 12.0. The zero-order valence-corrected chi connectivity index (χ0v) is 14.5. The summed E-state index contributed by atoms with van der Waals surface area (Å²) in [7, 11) is 0. The molecule has 2 aromatic rings. The van der Waals surface area contributed by atoms with Gasteiger partial charge in [0.2, 0.25) is 5.91 Å². The lowest BCUT2D eigenvalue weighted by Crippen LogP contribution is -2.23. The van der Waals surface area contributed by atoms with E-state index in [1.165, 1.54) is 23.9 Å². The van der Waals surface area contributed by atoms with Crippen molar-refractivity contribution in [3.05, 3.63) is 53.0 Å². The first-order valence-corrected chi connectivity index (χ1v) is 8.40. The number of hydrogen-bond donors (Lipinski definition) is 1. The van der Waals surface area contributed by atoms with Crippen LogP contribution in [0.4, 0.5) is 14.5 Å². The van der Waals surface area contributed by atoms with Crippen molar-refractivity contribution in [2.24, 2.45) is 0 Å². The van der Waals surface area contributed by atoms with E-state index in [9.17, 15) is 13.6 Å². The second-order valence-corrected chi connectivity index (χ2v) is 6.91. The zero-order chi connectivity index (χ0) is 16.8. The van der Waals surface area contributed by atoms with Crippen molar-refractivity contribution in [1.29, 1.82) is 0 Å². The maximum Gasteiger partial charge on any atom is 0.387 e. The SMILES string of the molecule is C[C@@H](Sc1ccc(Br)cc1)C(=O)Nc1ccccc1OC(F)F. The van der Waals surface area contributed by atoms with E-state index in [-0.39, 0.29) is 17.3 Å². The van der Waals surface area contributed by atoms with Crippen molar-refractivity contribution in [2.75, 3.05) is 5.32 Å². The monoisotopic (exact) mass is 401 g/mol. The minimum atomic E-state index is -2.94. The van der Waals surface area contributed by atoms with Gasteiger partial charge in [-0.05, 0) is 43.3 Å². The Hall–Kier alpha value is -1.60. The zero-order valence-electron chi connectivity index (χ0n) is 12.1. The van der Waals surface area contributed by atoms with Gasteiger partial charge in [-0.2, -0.15) is 8.78 Å². The number of carbonyl (C=O) groups is 1. The number of halogens is 3. The number of para-hydroxylation sites is 2. The van der Waals surface area contributed by atoms with Crippen LogP contribution in [0.3, 0.4) is 0 Å². The highest BCUT2D eigenvalue weighted by Gasteiger charge is 2.17. The number of alkyl halides is 2. The van der Waals surface area contributed by atoms with Gasteiger partial charge in [0.1, 0.15) is 5.75 Å². The molecule has 1 N–H and O–H groups in total. The molecule has 0 fully saturated rings. The number of rotatable bonds is 6. The molecular weight excluding hydrogens is 388 g/mol. The standard InChI is InChI=1S/C16H14BrF2NO2S/c1-10(23-12-8-6-11(17)7-9-12)15(21)20-13-4-2-3-5-14(13)22-16(18)19/h2-10,16H,1H3,(H,20,21)/t10-/m1/s1. The van der Waals surface area contributed by atoms with Crippen LogP contribution in [0.2, 0.25) is 0 Å². The van der Waals surface area contributed by atoms with Gasteiger partial charge in [-0.3, -0.25) is 4.79 Å². The van der Waals surface area contributed by atoms with Crippen LogP contribution in [-0.2, 0) is 4.79 Å². The molecule has 1 atom stereocenters. The van der Waals surface area contributed by atoms with Gasteiger partial charge in [-0.25, -0.2) is 0 Å². The van der Waals surface area contributed by atoms with Crippen LogP contribution in [0.5, 0.6) is 5.75 Å². The highest BCUT2D eigenvalue weighted by atomic mass is 79.9. The minimum absolute atomic E-state index is 0.0586. The van der Waals surface area contributed by atoms with Gasteiger partial charge >= 0.3 is 6.61 Å². The molecule has 0 aromatic heterocycles. The van der Waals surface area contributed by atoms with Crippen molar-refractivity contribution < 1.29 is 18.3 Å². The molecule has 0 saturated heterocycles. The third kappa shape index (κ3) is 5.51. The summed E-state index contributed by atoms with van der Waals surface area (Å²) in [5.74, 6) is -0.347. The summed E-state index contributed by atoms with van der Waals surface area (Å²) in [6.07, 6.45) is 0. The van der Waals surface area contributed by atoms with Gasteiger partial charge in [-0.15, -0.1) is 11.8 Å². The van der Waals surface area contributed by atoms with Crippen LogP contribution in [-0.4, -0.2) is 17.8 Å². The summed E-state index contributed by atoms with van der Waals surface area (Å²) in [6, 6.07) is 13.7. The van der Waals surface area contributed by atoms with E-state index in [0.717, 1.165) is 9.37 Å². The summed E-state index contributed by atoms with van der Waals surface area (Å²) in [4.78, 5) is 13.2. The van der Waals surface area contributed by atoms with Crippen LogP contribution in [0.1, 0.15) is 6.92 Å². The number of anilines is 1. The van der Waals surface area contributed by atoms with Gasteiger partial charge in [0, 0.05) is 9.37 Å². The van der Waals surface area contributed by atoms with Crippen molar-refractivity contribution in [2.45, 2.75) is 23.7 Å². The topological polar surface area (TPSA) is 38.3 Å². The fraction of sp³-hybridized carbons (Fsp3) is 0.188. The molecule has 0 saturated carbocycles. The average molecular weight is 402 g/mol. The van der Waals surface area contributed by atoms with Gasteiger partial charge in [0.15, 0.2) is 0 Å². The molecule has 0 spiro atoms. The number of thioether (sulfide) groups is 1. The summed E-state index contributed by atoms with van der Waals surface area (Å²) < 4.78 is 30.1. The van der Waals surface area contributed by atoms with E-state index in [0.29, 0.717) is 0 Å². The third-order valence-corrected chi connectivity index (χ3v) is 4.50. The maximum atomic E-state index is 12.4. The summed E-state index contributed by atoms with van der Waals surface area (Å²) in [5.41, 5.74) is 0.223. The molecule has 23 heavy (non-hydrogen) atoms. The summed E-state index contributed by atoms with van der Waals surface area (Å²) in [5, 5.41) is 2.23. The lowest BCUT2D eigenvalue weighted by Gasteiger charge is -2.15. The number of nitrogens with one attached hydrogen (secondary N) is 1. The minimum Gasteiger partial charge on any atom is -0.433 e. The molecule has 0 heterocycles. The van der Waals surface area contributed by atoms with Gasteiger partial charge in [0.05, 0.1) is 10.9 Å². The first kappa shape index (κ1) is 17.7. The largest absolute Gasteiger partial charge is 0.433 e. The molecule has 0 radical (unpaired) electrons. The van der Waals surface area contributed by atoms with Crippen molar-refractivity contribution >= 4 is 39.3 Å². The van der Waals surface area contributed by atoms with E-state index in [4.69, 9.17) is 0 Å². The van der Waals surface area contributed by atoms with Crippen LogP contribution in [0, 0.1) is 0 Å². The molecule has 122 valence electrons. The average Bonchev–Trinajstić information content (AvgIpc) is 2.51. The van der Waals surface area contributed by atoms with Crippen molar-refractivity contribution in [1.82, 2.24) is 0 Å². The highest BCUT2D eigenvalue weighted by molar-refractivity contribution is 9.10. The Balaban J connectivity index is 2.02. The van der Waals surface area contributed by atoms with Gasteiger partial charge < -0.3 is 10.1 Å². The fourth-order valence-electron chi connectivity index (χ4n) is 1.77. The molecule has 1 amide bonds. The smallest absolute Gasteiger partial charge is 0.387 e. The number of carbonyl (C=O) groups excluding carboxylic acids is 1. The Morgan fingerprint density at radius 2 is 1.83 bits per heavy atom. The summed E-state index contributed by atoms with van der Waals surface area (Å²) in [6.45, 7) is -1.19. The lowest BCUT2D eigenvalue weighted by atomic mass is 10.3. The maximum absolute atomic E-state index is 12.4. The molecule has 0 aliphatic heterocycles. The Labute approximate surface area is 145 Å². The quantitative estimate of drug-likeness (QED) is 0.678. The second kappa shape index (κ2) is 8.31. The van der Waals surface area contributed by atoms with E-state index >= 15 is 0 Å². The Kier molecular flexibility index (Phi) is 6.41. The first-order chi connectivity index (χ1) is 11.0. The third-order valence-electron chi connectivity index (χ3n) is 2.86. The fourth-order valence-corrected chi connectivity index (χ4v) is 2.91. The van der Waals surface area contributed by atoms with Crippen LogP contribution in [0.15, 0.2) is 57.9 Å². The molecule has 0 unspecified atom stereocenters. The molecule has 2 rings (SSSR count). The predicted octanol–water partition coefficient (Wildman–Crippen LogP) is 5.17. The Morgan fingerprint density at radius 1 is 1.17 bits per heavy atom. The number of amides is 1. The highest BCUT2D eigenvalue weighted by Crippen LogP contribution is 2.29. The molecule has 0 aliphatic carbocycles. The van der Waals surface area contributed by atoms with Gasteiger partial charge in [0.25, 0.3) is 0 Å². The number of hydrogen-bond acceptors (Lipinski definition) is 3. The van der Waals surface area contributed by atoms with Crippen LogP contribution < -0.4 is 10.1 Å². The second-order valence-electron chi connectivity index (χ2n) is 4.58. The molecule has 7 heteroatoms. The lowest BCUT2D eigenvalue weighted by molar-refractivity contribution is -0.115. The molecule has 0 bridgehead atoms. The van der Waals surface area contributed by atoms with Crippen LogP contribution >= 0.6 is 27.7 Å².